The molecule has 1 atom stereocenters. The van der Waals surface area contributed by atoms with Gasteiger partial charge in [0.1, 0.15) is 0 Å². The molecule has 20 heavy (non-hydrogen) atoms. The fraction of sp³-hybridized carbons (Fsp3) is 0.533. The number of rotatable bonds is 6. The summed E-state index contributed by atoms with van der Waals surface area (Å²) in [5.74, 6) is 0.386. The number of amides is 2. The van der Waals surface area contributed by atoms with E-state index < -0.39 is 6.10 Å². The number of nitrogens with zero attached hydrogens (tertiary/aromatic N) is 1. The molecule has 1 aromatic rings. The van der Waals surface area contributed by atoms with Crippen LogP contribution in [0.5, 0.6) is 0 Å². The van der Waals surface area contributed by atoms with E-state index in [2.05, 4.69) is 5.32 Å². The van der Waals surface area contributed by atoms with Gasteiger partial charge in [0.25, 0.3) is 0 Å². The van der Waals surface area contributed by atoms with Crippen molar-refractivity contribution in [3.05, 3.63) is 34.9 Å². The summed E-state index contributed by atoms with van der Waals surface area (Å²) in [6.07, 6.45) is 2.50. The highest BCUT2D eigenvalue weighted by Gasteiger charge is 2.31. The van der Waals surface area contributed by atoms with E-state index in [0.717, 1.165) is 24.8 Å². The van der Waals surface area contributed by atoms with Crippen LogP contribution in [-0.4, -0.2) is 42.3 Å². The maximum Gasteiger partial charge on any atom is 0.317 e. The minimum Gasteiger partial charge on any atom is -0.391 e. The number of carbonyl (C=O) groups excluding carboxylic acids is 1. The van der Waals surface area contributed by atoms with E-state index in [1.54, 1.807) is 11.9 Å². The number of hydrogen-bond acceptors (Lipinski definition) is 2. The molecule has 1 unspecified atom stereocenters. The summed E-state index contributed by atoms with van der Waals surface area (Å²) in [5, 5.41) is 13.4. The molecule has 1 fully saturated rings. The van der Waals surface area contributed by atoms with E-state index in [-0.39, 0.29) is 6.03 Å². The first-order valence-electron chi connectivity index (χ1n) is 6.97. The first kappa shape index (κ1) is 15.1. The summed E-state index contributed by atoms with van der Waals surface area (Å²) in [4.78, 5) is 13.4. The second kappa shape index (κ2) is 6.95. The molecule has 110 valence electrons. The molecule has 2 N–H and O–H groups in total. The molecule has 2 rings (SSSR count). The van der Waals surface area contributed by atoms with E-state index in [9.17, 15) is 9.90 Å². The Labute approximate surface area is 124 Å². The number of hydrogen-bond donors (Lipinski definition) is 2. The maximum absolute atomic E-state index is 11.9. The van der Waals surface area contributed by atoms with Crippen molar-refractivity contribution in [1.82, 2.24) is 10.2 Å². The van der Waals surface area contributed by atoms with Gasteiger partial charge in [0, 0.05) is 25.2 Å². The third kappa shape index (κ3) is 4.69. The molecule has 1 aromatic carbocycles. The number of nitrogens with one attached hydrogen (secondary N) is 1. The first-order valence-corrected chi connectivity index (χ1v) is 7.35. The van der Waals surface area contributed by atoms with Gasteiger partial charge in [-0.05, 0) is 42.9 Å². The number of carbonyl (C=O) groups is 1. The van der Waals surface area contributed by atoms with Crippen LogP contribution in [0.1, 0.15) is 18.4 Å². The molecule has 0 spiro atoms. The van der Waals surface area contributed by atoms with Gasteiger partial charge in [-0.25, -0.2) is 4.79 Å². The summed E-state index contributed by atoms with van der Waals surface area (Å²) in [6.45, 7) is 0.955. The average Bonchev–Trinajstić information content (AvgIpc) is 3.22. The Morgan fingerprint density at radius 1 is 1.55 bits per heavy atom. The Bertz CT molecular complexity index is 463. The lowest BCUT2D eigenvalue weighted by molar-refractivity contribution is 0.113. The highest BCUT2D eigenvalue weighted by atomic mass is 35.5. The molecule has 1 saturated carbocycles. The van der Waals surface area contributed by atoms with Crippen molar-refractivity contribution in [1.29, 1.82) is 0 Å². The van der Waals surface area contributed by atoms with Crippen LogP contribution in [0.2, 0.25) is 5.02 Å². The lowest BCUT2D eigenvalue weighted by atomic mass is 10.1. The number of aliphatic hydroxyl groups is 1. The maximum atomic E-state index is 11.9. The lowest BCUT2D eigenvalue weighted by Gasteiger charge is -2.21. The molecule has 1 aliphatic rings. The molecule has 5 heteroatoms. The summed E-state index contributed by atoms with van der Waals surface area (Å²) in [7, 11) is 1.71. The van der Waals surface area contributed by atoms with Crippen molar-refractivity contribution in [2.45, 2.75) is 25.4 Å². The second-order valence-corrected chi connectivity index (χ2v) is 5.83. The van der Waals surface area contributed by atoms with Crippen molar-refractivity contribution in [2.75, 3.05) is 20.1 Å². The molecule has 0 heterocycles. The third-order valence-electron chi connectivity index (χ3n) is 3.55. The zero-order valence-corrected chi connectivity index (χ0v) is 12.4. The van der Waals surface area contributed by atoms with Crippen molar-refractivity contribution >= 4 is 17.6 Å². The summed E-state index contributed by atoms with van der Waals surface area (Å²) in [6, 6.07) is 7.47. The SMILES string of the molecule is CN(CC(O)C1CC1)C(=O)NCCc1cccc(Cl)c1. The molecular formula is C15H21ClN2O2. The van der Waals surface area contributed by atoms with Crippen molar-refractivity contribution in [3.63, 3.8) is 0 Å². The Kier molecular flexibility index (Phi) is 5.26. The van der Waals surface area contributed by atoms with Crippen molar-refractivity contribution < 1.29 is 9.90 Å². The number of likely N-dealkylation sites (N-methyl/N-ethyl adjacent to an activating group) is 1. The van der Waals surface area contributed by atoms with Gasteiger partial charge in [0.15, 0.2) is 0 Å². The standard InChI is InChI=1S/C15H21ClN2O2/c1-18(10-14(19)12-5-6-12)15(20)17-8-7-11-3-2-4-13(16)9-11/h2-4,9,12,14,19H,5-8,10H2,1H3,(H,17,20). The number of benzene rings is 1. The van der Waals surface area contributed by atoms with Crippen LogP contribution < -0.4 is 5.32 Å². The number of urea groups is 1. The molecule has 2 amide bonds. The van der Waals surface area contributed by atoms with Crippen LogP contribution in [0.15, 0.2) is 24.3 Å². The molecule has 0 saturated heterocycles. The molecule has 1 aliphatic carbocycles. The highest BCUT2D eigenvalue weighted by molar-refractivity contribution is 6.30. The summed E-state index contributed by atoms with van der Waals surface area (Å²) in [5.41, 5.74) is 1.10. The van der Waals surface area contributed by atoms with Crippen LogP contribution in [0.4, 0.5) is 4.79 Å². The van der Waals surface area contributed by atoms with E-state index >= 15 is 0 Å². The Morgan fingerprint density at radius 2 is 2.30 bits per heavy atom. The van der Waals surface area contributed by atoms with E-state index in [1.165, 1.54) is 0 Å². The fourth-order valence-electron chi connectivity index (χ4n) is 2.13. The van der Waals surface area contributed by atoms with Crippen LogP contribution >= 0.6 is 11.6 Å². The predicted molar refractivity (Wildman–Crippen MR) is 79.9 cm³/mol. The minimum atomic E-state index is -0.390. The summed E-state index contributed by atoms with van der Waals surface area (Å²) < 4.78 is 0. The zero-order valence-electron chi connectivity index (χ0n) is 11.7. The minimum absolute atomic E-state index is 0.147. The molecule has 0 bridgehead atoms. The average molecular weight is 297 g/mol. The molecule has 4 nitrogen and oxygen atoms in total. The quantitative estimate of drug-likeness (QED) is 0.846. The predicted octanol–water partition coefficient (Wildman–Crippen LogP) is 2.29. The van der Waals surface area contributed by atoms with Gasteiger partial charge in [-0.3, -0.25) is 0 Å². The van der Waals surface area contributed by atoms with Gasteiger partial charge < -0.3 is 15.3 Å². The van der Waals surface area contributed by atoms with Gasteiger partial charge in [0.05, 0.1) is 6.10 Å². The van der Waals surface area contributed by atoms with Gasteiger partial charge in [-0.2, -0.15) is 0 Å². The Morgan fingerprint density at radius 3 is 2.95 bits per heavy atom. The number of aliphatic hydroxyl groups excluding tert-OH is 1. The molecular weight excluding hydrogens is 276 g/mol. The van der Waals surface area contributed by atoms with Crippen LogP contribution in [0.3, 0.4) is 0 Å². The first-order chi connectivity index (χ1) is 9.56. The monoisotopic (exact) mass is 296 g/mol. The Hall–Kier alpha value is -1.26. The van der Waals surface area contributed by atoms with E-state index in [1.807, 2.05) is 24.3 Å². The van der Waals surface area contributed by atoms with E-state index in [0.29, 0.717) is 24.0 Å². The zero-order chi connectivity index (χ0) is 14.5. The molecule has 0 aliphatic heterocycles. The van der Waals surface area contributed by atoms with E-state index in [4.69, 9.17) is 11.6 Å². The van der Waals surface area contributed by atoms with Crippen LogP contribution in [0.25, 0.3) is 0 Å². The lowest BCUT2D eigenvalue weighted by Crippen LogP contribution is -2.42. The van der Waals surface area contributed by atoms with Crippen LogP contribution in [0, 0.1) is 5.92 Å². The summed E-state index contributed by atoms with van der Waals surface area (Å²) >= 11 is 5.91. The van der Waals surface area contributed by atoms with Crippen molar-refractivity contribution in [2.24, 2.45) is 5.92 Å². The molecule has 0 radical (unpaired) electrons. The topological polar surface area (TPSA) is 52.6 Å². The fourth-order valence-corrected chi connectivity index (χ4v) is 2.35. The highest BCUT2D eigenvalue weighted by Crippen LogP contribution is 2.32. The third-order valence-corrected chi connectivity index (χ3v) is 3.79. The molecule has 0 aromatic heterocycles. The smallest absolute Gasteiger partial charge is 0.317 e. The van der Waals surface area contributed by atoms with Crippen molar-refractivity contribution in [3.8, 4) is 0 Å². The van der Waals surface area contributed by atoms with Gasteiger partial charge >= 0.3 is 6.03 Å². The number of halogens is 1. The van der Waals surface area contributed by atoms with Gasteiger partial charge in [-0.1, -0.05) is 23.7 Å². The largest absolute Gasteiger partial charge is 0.391 e. The van der Waals surface area contributed by atoms with Crippen LogP contribution in [-0.2, 0) is 6.42 Å². The van der Waals surface area contributed by atoms with Gasteiger partial charge in [-0.15, -0.1) is 0 Å². The second-order valence-electron chi connectivity index (χ2n) is 5.40. The Balaban J connectivity index is 1.68. The normalized spacial score (nSPS) is 15.8. The van der Waals surface area contributed by atoms with Gasteiger partial charge in [0.2, 0.25) is 0 Å².